The van der Waals surface area contributed by atoms with Gasteiger partial charge < -0.3 is 21.1 Å². The number of rotatable bonds is 4. The highest BCUT2D eigenvalue weighted by molar-refractivity contribution is 4.67. The highest BCUT2D eigenvalue weighted by Gasteiger charge is 2.27. The molecule has 0 aliphatic rings. The van der Waals surface area contributed by atoms with E-state index in [0.29, 0.717) is 6.42 Å². The van der Waals surface area contributed by atoms with Crippen molar-refractivity contribution in [1.82, 2.24) is 0 Å². The molecule has 4 nitrogen and oxygen atoms in total. The highest BCUT2D eigenvalue weighted by Crippen LogP contribution is 2.06. The SMILES string of the molecule is CCCCC(N)C(O)(O)O. The zero-order chi connectivity index (χ0) is 8.20. The van der Waals surface area contributed by atoms with Gasteiger partial charge in [0, 0.05) is 0 Å². The Morgan fingerprint density at radius 1 is 1.40 bits per heavy atom. The maximum Gasteiger partial charge on any atom is 0.291 e. The van der Waals surface area contributed by atoms with Crippen molar-refractivity contribution in [3.8, 4) is 0 Å². The van der Waals surface area contributed by atoms with Crippen molar-refractivity contribution in [3.05, 3.63) is 0 Å². The molecule has 0 aliphatic carbocycles. The summed E-state index contributed by atoms with van der Waals surface area (Å²) >= 11 is 0. The van der Waals surface area contributed by atoms with E-state index < -0.39 is 12.0 Å². The number of nitrogens with two attached hydrogens (primary N) is 1. The van der Waals surface area contributed by atoms with Crippen molar-refractivity contribution >= 4 is 0 Å². The van der Waals surface area contributed by atoms with Crippen LogP contribution in [0.1, 0.15) is 26.2 Å². The molecule has 4 heteroatoms. The third-order valence-electron chi connectivity index (χ3n) is 1.37. The Labute approximate surface area is 60.3 Å². The van der Waals surface area contributed by atoms with Gasteiger partial charge in [0.15, 0.2) is 0 Å². The molecule has 0 aromatic heterocycles. The van der Waals surface area contributed by atoms with Crippen molar-refractivity contribution in [2.24, 2.45) is 5.73 Å². The van der Waals surface area contributed by atoms with E-state index in [0.717, 1.165) is 12.8 Å². The van der Waals surface area contributed by atoms with E-state index in [1.54, 1.807) is 0 Å². The van der Waals surface area contributed by atoms with Gasteiger partial charge in [0.25, 0.3) is 5.97 Å². The van der Waals surface area contributed by atoms with E-state index in [1.807, 2.05) is 6.92 Å². The van der Waals surface area contributed by atoms with E-state index >= 15 is 0 Å². The smallest absolute Gasteiger partial charge is 0.291 e. The van der Waals surface area contributed by atoms with Gasteiger partial charge in [-0.15, -0.1) is 0 Å². The van der Waals surface area contributed by atoms with Gasteiger partial charge in [-0.1, -0.05) is 19.8 Å². The fourth-order valence-corrected chi connectivity index (χ4v) is 0.618. The standard InChI is InChI=1S/C6H15NO3/c1-2-3-4-5(7)6(8,9)10/h5,8-10H,2-4,7H2,1H3. The summed E-state index contributed by atoms with van der Waals surface area (Å²) in [5.74, 6) is -2.71. The predicted octanol–water partition coefficient (Wildman–Crippen LogP) is -0.865. The van der Waals surface area contributed by atoms with Gasteiger partial charge in [0.2, 0.25) is 0 Å². The third kappa shape index (κ3) is 3.79. The first-order valence-corrected chi connectivity index (χ1v) is 3.41. The van der Waals surface area contributed by atoms with Crippen molar-refractivity contribution < 1.29 is 15.3 Å². The summed E-state index contributed by atoms with van der Waals surface area (Å²) in [6, 6.07) is -0.965. The molecule has 0 rings (SSSR count). The summed E-state index contributed by atoms with van der Waals surface area (Å²) in [7, 11) is 0. The van der Waals surface area contributed by atoms with Gasteiger partial charge in [-0.25, -0.2) is 0 Å². The van der Waals surface area contributed by atoms with Crippen LogP contribution in [0.4, 0.5) is 0 Å². The Morgan fingerprint density at radius 2 is 1.90 bits per heavy atom. The third-order valence-corrected chi connectivity index (χ3v) is 1.37. The number of unbranched alkanes of at least 4 members (excludes halogenated alkanes) is 1. The molecule has 0 bridgehead atoms. The number of hydrogen-bond donors (Lipinski definition) is 4. The molecule has 0 saturated heterocycles. The van der Waals surface area contributed by atoms with E-state index in [9.17, 15) is 0 Å². The molecule has 0 aromatic rings. The van der Waals surface area contributed by atoms with Crippen LogP contribution in [0.5, 0.6) is 0 Å². The second kappa shape index (κ2) is 3.88. The molecule has 1 unspecified atom stereocenters. The average Bonchev–Trinajstić information content (AvgIpc) is 1.80. The summed E-state index contributed by atoms with van der Waals surface area (Å²) in [5, 5.41) is 25.5. The molecule has 0 spiro atoms. The summed E-state index contributed by atoms with van der Waals surface area (Å²) in [5.41, 5.74) is 5.19. The van der Waals surface area contributed by atoms with Crippen LogP contribution < -0.4 is 5.73 Å². The Kier molecular flexibility index (Phi) is 3.81. The first-order chi connectivity index (χ1) is 4.48. The molecule has 0 aromatic carbocycles. The van der Waals surface area contributed by atoms with E-state index in [-0.39, 0.29) is 0 Å². The predicted molar refractivity (Wildman–Crippen MR) is 36.9 cm³/mol. The Bertz CT molecular complexity index is 89.5. The fourth-order valence-electron chi connectivity index (χ4n) is 0.618. The zero-order valence-electron chi connectivity index (χ0n) is 6.12. The van der Waals surface area contributed by atoms with Crippen LogP contribution in [0.2, 0.25) is 0 Å². The molecule has 1 atom stereocenters. The minimum atomic E-state index is -2.71. The minimum Gasteiger partial charge on any atom is -0.342 e. The quantitative estimate of drug-likeness (QED) is 0.391. The average molecular weight is 149 g/mol. The van der Waals surface area contributed by atoms with Crippen LogP contribution in [0.25, 0.3) is 0 Å². The van der Waals surface area contributed by atoms with Crippen LogP contribution in [0, 0.1) is 0 Å². The lowest BCUT2D eigenvalue weighted by atomic mass is 10.1. The van der Waals surface area contributed by atoms with Gasteiger partial charge >= 0.3 is 0 Å². The van der Waals surface area contributed by atoms with Crippen LogP contribution >= 0.6 is 0 Å². The lowest BCUT2D eigenvalue weighted by Gasteiger charge is -2.21. The van der Waals surface area contributed by atoms with E-state index in [1.165, 1.54) is 0 Å². The number of hydrogen-bond acceptors (Lipinski definition) is 4. The second-order valence-electron chi connectivity index (χ2n) is 2.44. The van der Waals surface area contributed by atoms with Gasteiger partial charge in [-0.05, 0) is 6.42 Å². The van der Waals surface area contributed by atoms with Crippen molar-refractivity contribution in [2.45, 2.75) is 38.2 Å². The van der Waals surface area contributed by atoms with Crippen molar-refractivity contribution in [3.63, 3.8) is 0 Å². The molecule has 0 amide bonds. The summed E-state index contributed by atoms with van der Waals surface area (Å²) < 4.78 is 0. The van der Waals surface area contributed by atoms with Crippen molar-refractivity contribution in [1.29, 1.82) is 0 Å². The van der Waals surface area contributed by atoms with Crippen LogP contribution in [0.15, 0.2) is 0 Å². The molecule has 0 aliphatic heterocycles. The normalized spacial score (nSPS) is 15.3. The Balaban J connectivity index is 3.52. The van der Waals surface area contributed by atoms with E-state index in [4.69, 9.17) is 21.1 Å². The van der Waals surface area contributed by atoms with Crippen LogP contribution in [-0.2, 0) is 0 Å². The van der Waals surface area contributed by atoms with Gasteiger partial charge in [0.05, 0.1) is 6.04 Å². The molecule has 0 radical (unpaired) electrons. The van der Waals surface area contributed by atoms with Gasteiger partial charge in [-0.2, -0.15) is 0 Å². The molecule has 0 fully saturated rings. The van der Waals surface area contributed by atoms with Gasteiger partial charge in [0.1, 0.15) is 0 Å². The monoisotopic (exact) mass is 149 g/mol. The molecule has 10 heavy (non-hydrogen) atoms. The topological polar surface area (TPSA) is 86.7 Å². The minimum absolute atomic E-state index is 0.417. The summed E-state index contributed by atoms with van der Waals surface area (Å²) in [4.78, 5) is 0. The first-order valence-electron chi connectivity index (χ1n) is 3.41. The lowest BCUT2D eigenvalue weighted by molar-refractivity contribution is -0.323. The number of aliphatic hydroxyl groups is 3. The Morgan fingerprint density at radius 3 is 2.20 bits per heavy atom. The van der Waals surface area contributed by atoms with Crippen LogP contribution in [-0.4, -0.2) is 27.3 Å². The summed E-state index contributed by atoms with van der Waals surface area (Å²) in [6.45, 7) is 1.96. The maximum atomic E-state index is 8.50. The highest BCUT2D eigenvalue weighted by atomic mass is 16.7. The molecular formula is C6H15NO3. The van der Waals surface area contributed by atoms with Crippen LogP contribution in [0.3, 0.4) is 0 Å². The molecular weight excluding hydrogens is 134 g/mol. The Hall–Kier alpha value is -0.160. The molecule has 62 valence electrons. The second-order valence-corrected chi connectivity index (χ2v) is 2.44. The first kappa shape index (κ1) is 9.84. The maximum absolute atomic E-state index is 8.50. The fraction of sp³-hybridized carbons (Fsp3) is 1.00. The largest absolute Gasteiger partial charge is 0.342 e. The lowest BCUT2D eigenvalue weighted by Crippen LogP contribution is -2.47. The molecule has 5 N–H and O–H groups in total. The van der Waals surface area contributed by atoms with E-state index in [2.05, 4.69) is 0 Å². The molecule has 0 saturated carbocycles. The zero-order valence-corrected chi connectivity index (χ0v) is 6.12. The van der Waals surface area contributed by atoms with Crippen molar-refractivity contribution in [2.75, 3.05) is 0 Å². The summed E-state index contributed by atoms with van der Waals surface area (Å²) in [6.07, 6.45) is 2.12. The molecule has 0 heterocycles. The van der Waals surface area contributed by atoms with Gasteiger partial charge in [-0.3, -0.25) is 0 Å².